The zero-order valence-electron chi connectivity index (χ0n) is 15.2. The van der Waals surface area contributed by atoms with Crippen LogP contribution in [-0.2, 0) is 6.54 Å². The van der Waals surface area contributed by atoms with Crippen LogP contribution in [0.15, 0.2) is 30.3 Å². The molecule has 0 bridgehead atoms. The Hall–Kier alpha value is -2.10. The minimum absolute atomic E-state index is 0.185. The predicted molar refractivity (Wildman–Crippen MR) is 98.6 cm³/mol. The molecule has 4 heteroatoms. The molecule has 1 aliphatic carbocycles. The third-order valence-electron chi connectivity index (χ3n) is 5.73. The second kappa shape index (κ2) is 6.66. The summed E-state index contributed by atoms with van der Waals surface area (Å²) in [6.07, 6.45) is 5.18. The van der Waals surface area contributed by atoms with Crippen molar-refractivity contribution in [3.8, 4) is 0 Å². The van der Waals surface area contributed by atoms with Crippen LogP contribution in [0.1, 0.15) is 53.0 Å². The third kappa shape index (κ3) is 3.63. The van der Waals surface area contributed by atoms with Gasteiger partial charge >= 0.3 is 0 Å². The molecule has 1 aromatic heterocycles. The van der Waals surface area contributed by atoms with Crippen LogP contribution < -0.4 is 0 Å². The van der Waals surface area contributed by atoms with Crippen LogP contribution in [0, 0.1) is 25.7 Å². The number of carbonyl (C=O) groups is 1. The SMILES string of the molecule is Cc1cc(C)n(Cc2cccc(C(=O)N3CCC(C4CC4)CC3)c2)n1. The topological polar surface area (TPSA) is 38.1 Å². The van der Waals surface area contributed by atoms with E-state index in [1.807, 2.05) is 34.7 Å². The first kappa shape index (κ1) is 16.4. The number of carbonyl (C=O) groups excluding carboxylic acids is 1. The van der Waals surface area contributed by atoms with Crippen molar-refractivity contribution in [2.24, 2.45) is 11.8 Å². The number of piperidine rings is 1. The molecule has 1 saturated carbocycles. The number of benzene rings is 1. The van der Waals surface area contributed by atoms with Crippen molar-refractivity contribution in [2.45, 2.75) is 46.1 Å². The molecule has 0 unspecified atom stereocenters. The summed E-state index contributed by atoms with van der Waals surface area (Å²) in [4.78, 5) is 14.9. The molecule has 25 heavy (non-hydrogen) atoms. The Kier molecular flexibility index (Phi) is 4.36. The normalized spacial score (nSPS) is 18.6. The van der Waals surface area contributed by atoms with Crippen molar-refractivity contribution in [3.05, 3.63) is 52.8 Å². The molecule has 2 fully saturated rings. The lowest BCUT2D eigenvalue weighted by atomic mass is 9.92. The molecule has 0 radical (unpaired) electrons. The summed E-state index contributed by atoms with van der Waals surface area (Å²) in [7, 11) is 0. The summed E-state index contributed by atoms with van der Waals surface area (Å²) in [5.41, 5.74) is 4.12. The summed E-state index contributed by atoms with van der Waals surface area (Å²) >= 11 is 0. The van der Waals surface area contributed by atoms with Crippen molar-refractivity contribution in [3.63, 3.8) is 0 Å². The van der Waals surface area contributed by atoms with E-state index in [0.717, 1.165) is 47.4 Å². The monoisotopic (exact) mass is 337 g/mol. The summed E-state index contributed by atoms with van der Waals surface area (Å²) in [6, 6.07) is 10.1. The first-order chi connectivity index (χ1) is 12.1. The van der Waals surface area contributed by atoms with Gasteiger partial charge in [0, 0.05) is 24.3 Å². The van der Waals surface area contributed by atoms with E-state index >= 15 is 0 Å². The Morgan fingerprint density at radius 3 is 2.44 bits per heavy atom. The number of aryl methyl sites for hydroxylation is 2. The van der Waals surface area contributed by atoms with Gasteiger partial charge in [0.05, 0.1) is 12.2 Å². The Morgan fingerprint density at radius 2 is 1.80 bits per heavy atom. The number of amides is 1. The van der Waals surface area contributed by atoms with Crippen LogP contribution in [0.5, 0.6) is 0 Å². The van der Waals surface area contributed by atoms with E-state index in [0.29, 0.717) is 6.54 Å². The van der Waals surface area contributed by atoms with E-state index in [4.69, 9.17) is 0 Å². The predicted octanol–water partition coefficient (Wildman–Crippen LogP) is 3.81. The van der Waals surface area contributed by atoms with Crippen LogP contribution in [0.3, 0.4) is 0 Å². The van der Waals surface area contributed by atoms with E-state index in [2.05, 4.69) is 24.2 Å². The number of hydrogen-bond donors (Lipinski definition) is 0. The summed E-state index contributed by atoms with van der Waals surface area (Å²) in [6.45, 7) is 6.63. The highest BCUT2D eigenvalue weighted by Gasteiger charge is 2.34. The molecule has 4 nitrogen and oxygen atoms in total. The second-order valence-electron chi connectivity index (χ2n) is 7.75. The summed E-state index contributed by atoms with van der Waals surface area (Å²) in [5, 5.41) is 4.52. The number of nitrogens with zero attached hydrogens (tertiary/aromatic N) is 3. The molecule has 1 aromatic carbocycles. The zero-order valence-corrected chi connectivity index (χ0v) is 15.2. The molecule has 0 N–H and O–H groups in total. The smallest absolute Gasteiger partial charge is 0.253 e. The molecule has 4 rings (SSSR count). The van der Waals surface area contributed by atoms with Gasteiger partial charge in [-0.05, 0) is 75.1 Å². The Morgan fingerprint density at radius 1 is 1.08 bits per heavy atom. The van der Waals surface area contributed by atoms with Crippen LogP contribution in [0.4, 0.5) is 0 Å². The molecule has 1 aliphatic heterocycles. The van der Waals surface area contributed by atoms with Gasteiger partial charge in [-0.2, -0.15) is 5.10 Å². The molecule has 1 saturated heterocycles. The van der Waals surface area contributed by atoms with Gasteiger partial charge in [-0.3, -0.25) is 9.48 Å². The van der Waals surface area contributed by atoms with Gasteiger partial charge in [-0.1, -0.05) is 12.1 Å². The van der Waals surface area contributed by atoms with Crippen LogP contribution in [0.2, 0.25) is 0 Å². The maximum Gasteiger partial charge on any atom is 0.253 e. The van der Waals surface area contributed by atoms with Crippen molar-refractivity contribution in [1.82, 2.24) is 14.7 Å². The maximum atomic E-state index is 12.9. The fraction of sp³-hybridized carbons (Fsp3) is 0.524. The Bertz CT molecular complexity index is 767. The maximum absolute atomic E-state index is 12.9. The quantitative estimate of drug-likeness (QED) is 0.851. The first-order valence-corrected chi connectivity index (χ1v) is 9.49. The van der Waals surface area contributed by atoms with Crippen LogP contribution >= 0.6 is 0 Å². The average molecular weight is 337 g/mol. The van der Waals surface area contributed by atoms with Gasteiger partial charge in [0.2, 0.25) is 0 Å². The van der Waals surface area contributed by atoms with E-state index in [1.54, 1.807) is 0 Å². The molecule has 1 amide bonds. The van der Waals surface area contributed by atoms with Crippen molar-refractivity contribution in [1.29, 1.82) is 0 Å². The molecule has 0 atom stereocenters. The van der Waals surface area contributed by atoms with Gasteiger partial charge in [0.15, 0.2) is 0 Å². The minimum atomic E-state index is 0.185. The fourth-order valence-electron chi connectivity index (χ4n) is 4.13. The highest BCUT2D eigenvalue weighted by molar-refractivity contribution is 5.94. The standard InChI is InChI=1S/C21H27N3O/c1-15-12-16(2)24(22-15)14-17-4-3-5-20(13-17)21(25)23-10-8-19(9-11-23)18-6-7-18/h3-5,12-13,18-19H,6-11,14H2,1-2H3. The highest BCUT2D eigenvalue weighted by Crippen LogP contribution is 2.41. The number of rotatable bonds is 4. The molecular formula is C21H27N3O. The van der Waals surface area contributed by atoms with E-state index in [-0.39, 0.29) is 5.91 Å². The van der Waals surface area contributed by atoms with Crippen LogP contribution in [0.25, 0.3) is 0 Å². The van der Waals surface area contributed by atoms with Gasteiger partial charge in [-0.15, -0.1) is 0 Å². The van der Waals surface area contributed by atoms with Crippen molar-refractivity contribution >= 4 is 5.91 Å². The number of likely N-dealkylation sites (tertiary alicyclic amines) is 1. The number of aromatic nitrogens is 2. The summed E-state index contributed by atoms with van der Waals surface area (Å²) in [5.74, 6) is 2.01. The highest BCUT2D eigenvalue weighted by atomic mass is 16.2. The van der Waals surface area contributed by atoms with Gasteiger partial charge in [0.25, 0.3) is 5.91 Å². The van der Waals surface area contributed by atoms with Crippen molar-refractivity contribution < 1.29 is 4.79 Å². The largest absolute Gasteiger partial charge is 0.339 e. The number of hydrogen-bond acceptors (Lipinski definition) is 2. The molecule has 2 aromatic rings. The van der Waals surface area contributed by atoms with Crippen LogP contribution in [-0.4, -0.2) is 33.7 Å². The Balaban J connectivity index is 1.43. The summed E-state index contributed by atoms with van der Waals surface area (Å²) < 4.78 is 2.00. The Labute approximate surface area is 149 Å². The van der Waals surface area contributed by atoms with Gasteiger partial charge in [0.1, 0.15) is 0 Å². The molecular weight excluding hydrogens is 310 g/mol. The molecule has 0 spiro atoms. The third-order valence-corrected chi connectivity index (χ3v) is 5.73. The molecule has 132 valence electrons. The minimum Gasteiger partial charge on any atom is -0.339 e. The lowest BCUT2D eigenvalue weighted by molar-refractivity contribution is 0.0680. The lowest BCUT2D eigenvalue weighted by Gasteiger charge is -2.32. The molecule has 2 heterocycles. The van der Waals surface area contributed by atoms with Crippen molar-refractivity contribution in [2.75, 3.05) is 13.1 Å². The van der Waals surface area contributed by atoms with E-state index in [1.165, 1.54) is 25.7 Å². The van der Waals surface area contributed by atoms with E-state index in [9.17, 15) is 4.79 Å². The second-order valence-corrected chi connectivity index (χ2v) is 7.75. The zero-order chi connectivity index (χ0) is 17.4. The molecule has 2 aliphatic rings. The van der Waals surface area contributed by atoms with E-state index < -0.39 is 0 Å². The first-order valence-electron chi connectivity index (χ1n) is 9.49. The lowest BCUT2D eigenvalue weighted by Crippen LogP contribution is -2.38. The van der Waals surface area contributed by atoms with Gasteiger partial charge < -0.3 is 4.90 Å². The van der Waals surface area contributed by atoms with Gasteiger partial charge in [-0.25, -0.2) is 0 Å². The fourth-order valence-corrected chi connectivity index (χ4v) is 4.13. The average Bonchev–Trinajstić information content (AvgIpc) is 3.41.